The Kier molecular flexibility index (Phi) is 5.17. The third kappa shape index (κ3) is 3.79. The molecule has 0 aromatic heterocycles. The third-order valence-corrected chi connectivity index (χ3v) is 5.33. The maximum atomic E-state index is 13.3. The molecule has 3 aromatic carbocycles. The highest BCUT2D eigenvalue weighted by Gasteiger charge is 2.33. The minimum atomic E-state index is -0.305. The number of anilines is 2. The van der Waals surface area contributed by atoms with E-state index in [1.54, 1.807) is 4.90 Å². The van der Waals surface area contributed by atoms with Gasteiger partial charge in [0.15, 0.2) is 0 Å². The van der Waals surface area contributed by atoms with E-state index < -0.39 is 0 Å². The van der Waals surface area contributed by atoms with Crippen molar-refractivity contribution in [3.05, 3.63) is 95.6 Å². The normalized spacial score (nSPS) is 16.3. The van der Waals surface area contributed by atoms with E-state index >= 15 is 0 Å². The molecule has 0 radical (unpaired) electrons. The molecule has 0 spiro atoms. The largest absolute Gasteiger partial charge is 0.306 e. The van der Waals surface area contributed by atoms with Gasteiger partial charge in [0, 0.05) is 12.1 Å². The van der Waals surface area contributed by atoms with Crippen LogP contribution in [0.3, 0.4) is 0 Å². The Labute approximate surface area is 171 Å². The van der Waals surface area contributed by atoms with Gasteiger partial charge in [-0.3, -0.25) is 9.59 Å². The lowest BCUT2D eigenvalue weighted by Crippen LogP contribution is -2.38. The second-order valence-corrected chi connectivity index (χ2v) is 7.58. The quantitative estimate of drug-likeness (QED) is 0.649. The summed E-state index contributed by atoms with van der Waals surface area (Å²) in [5, 5.41) is 0. The molecule has 0 aliphatic carbocycles. The molecule has 29 heavy (non-hydrogen) atoms. The highest BCUT2D eigenvalue weighted by atomic mass is 16.2. The Bertz CT molecular complexity index is 1030. The second-order valence-electron chi connectivity index (χ2n) is 7.58. The number of hydrogen-bond acceptors (Lipinski definition) is 2. The van der Waals surface area contributed by atoms with Crippen LogP contribution in [-0.4, -0.2) is 18.4 Å². The second kappa shape index (κ2) is 7.92. The first-order chi connectivity index (χ1) is 14.0. The highest BCUT2D eigenvalue weighted by Crippen LogP contribution is 2.36. The van der Waals surface area contributed by atoms with Crippen molar-refractivity contribution in [1.29, 1.82) is 0 Å². The average molecular weight is 384 g/mol. The monoisotopic (exact) mass is 384 g/mol. The molecule has 2 amide bonds. The summed E-state index contributed by atoms with van der Waals surface area (Å²) in [6.45, 7) is 4.77. The van der Waals surface area contributed by atoms with Gasteiger partial charge in [0.2, 0.25) is 5.91 Å². The first-order valence-corrected chi connectivity index (χ1v) is 9.87. The molecule has 4 nitrogen and oxygen atoms in total. The van der Waals surface area contributed by atoms with Crippen molar-refractivity contribution in [3.8, 4) is 0 Å². The Morgan fingerprint density at radius 3 is 2.21 bits per heavy atom. The van der Waals surface area contributed by atoms with Gasteiger partial charge in [0.1, 0.15) is 0 Å². The van der Waals surface area contributed by atoms with Crippen molar-refractivity contribution in [2.75, 3.05) is 16.3 Å². The van der Waals surface area contributed by atoms with E-state index in [4.69, 9.17) is 0 Å². The van der Waals surface area contributed by atoms with E-state index in [9.17, 15) is 9.59 Å². The highest BCUT2D eigenvalue weighted by molar-refractivity contribution is 6.11. The molecule has 146 valence electrons. The summed E-state index contributed by atoms with van der Waals surface area (Å²) in [7, 11) is 0. The van der Waals surface area contributed by atoms with Gasteiger partial charge in [-0.1, -0.05) is 67.1 Å². The summed E-state index contributed by atoms with van der Waals surface area (Å²) in [4.78, 5) is 30.1. The number of hydrogen-bond donors (Lipinski definition) is 0. The standard InChI is InChI=1S/C25H24N2O2/c1-18-12-14-20(15-13-18)17-27-23-11-7-6-10-22(23)26(16-19(2)24(27)28)25(29)21-8-4-3-5-9-21/h3-15,19H,16-17H2,1-2H3. The van der Waals surface area contributed by atoms with Crippen molar-refractivity contribution < 1.29 is 9.59 Å². The molecule has 0 bridgehead atoms. The number of nitrogens with zero attached hydrogens (tertiary/aromatic N) is 2. The van der Waals surface area contributed by atoms with Crippen LogP contribution < -0.4 is 9.80 Å². The first-order valence-electron chi connectivity index (χ1n) is 9.87. The van der Waals surface area contributed by atoms with Crippen LogP contribution in [0.2, 0.25) is 0 Å². The molecule has 0 fully saturated rings. The number of carbonyl (C=O) groups is 2. The van der Waals surface area contributed by atoms with E-state index in [1.165, 1.54) is 5.56 Å². The van der Waals surface area contributed by atoms with Crippen LogP contribution in [-0.2, 0) is 11.3 Å². The fourth-order valence-corrected chi connectivity index (χ4v) is 3.72. The van der Waals surface area contributed by atoms with Crippen LogP contribution in [0.5, 0.6) is 0 Å². The van der Waals surface area contributed by atoms with Crippen LogP contribution in [0.25, 0.3) is 0 Å². The fraction of sp³-hybridized carbons (Fsp3) is 0.200. The molecule has 1 heterocycles. The van der Waals surface area contributed by atoms with Crippen LogP contribution in [0.4, 0.5) is 11.4 Å². The summed E-state index contributed by atoms with van der Waals surface area (Å²) >= 11 is 0. The number of amides is 2. The average Bonchev–Trinajstić information content (AvgIpc) is 2.86. The maximum Gasteiger partial charge on any atom is 0.258 e. The van der Waals surface area contributed by atoms with Gasteiger partial charge in [-0.2, -0.15) is 0 Å². The van der Waals surface area contributed by atoms with E-state index in [1.807, 2.05) is 85.5 Å². The van der Waals surface area contributed by atoms with E-state index in [0.29, 0.717) is 18.7 Å². The predicted molar refractivity (Wildman–Crippen MR) is 116 cm³/mol. The smallest absolute Gasteiger partial charge is 0.258 e. The molecule has 1 atom stereocenters. The van der Waals surface area contributed by atoms with Crippen molar-refractivity contribution in [2.45, 2.75) is 20.4 Å². The van der Waals surface area contributed by atoms with Gasteiger partial charge < -0.3 is 9.80 Å². The van der Waals surface area contributed by atoms with E-state index in [-0.39, 0.29) is 17.7 Å². The Balaban J connectivity index is 1.76. The minimum Gasteiger partial charge on any atom is -0.306 e. The molecule has 0 saturated carbocycles. The molecular formula is C25H24N2O2. The fourth-order valence-electron chi connectivity index (χ4n) is 3.72. The summed E-state index contributed by atoms with van der Waals surface area (Å²) in [5.74, 6) is -0.364. The van der Waals surface area contributed by atoms with Gasteiger partial charge in [0.05, 0.1) is 23.8 Å². The number of aryl methyl sites for hydroxylation is 1. The molecule has 0 N–H and O–H groups in total. The molecule has 1 aliphatic heterocycles. The first kappa shape index (κ1) is 18.9. The van der Waals surface area contributed by atoms with Crippen LogP contribution >= 0.6 is 0 Å². The van der Waals surface area contributed by atoms with Gasteiger partial charge in [0.25, 0.3) is 5.91 Å². The lowest BCUT2D eigenvalue weighted by molar-refractivity contribution is -0.121. The van der Waals surface area contributed by atoms with Gasteiger partial charge >= 0.3 is 0 Å². The lowest BCUT2D eigenvalue weighted by atomic mass is 10.1. The Morgan fingerprint density at radius 2 is 1.52 bits per heavy atom. The summed E-state index contributed by atoms with van der Waals surface area (Å²) in [6.07, 6.45) is 0. The zero-order valence-electron chi connectivity index (χ0n) is 16.7. The van der Waals surface area contributed by atoms with Crippen molar-refractivity contribution >= 4 is 23.2 Å². The summed E-state index contributed by atoms with van der Waals surface area (Å²) in [6, 6.07) is 25.1. The number of fused-ring (bicyclic) bond motifs is 1. The maximum absolute atomic E-state index is 13.3. The lowest BCUT2D eigenvalue weighted by Gasteiger charge is -2.25. The number of para-hydroxylation sites is 2. The summed E-state index contributed by atoms with van der Waals surface area (Å²) < 4.78 is 0. The molecule has 3 aromatic rings. The van der Waals surface area contributed by atoms with Gasteiger partial charge in [-0.15, -0.1) is 0 Å². The molecule has 4 rings (SSSR count). The zero-order valence-corrected chi connectivity index (χ0v) is 16.7. The van der Waals surface area contributed by atoms with Crippen LogP contribution in [0.1, 0.15) is 28.4 Å². The topological polar surface area (TPSA) is 40.6 Å². The van der Waals surface area contributed by atoms with Crippen molar-refractivity contribution in [1.82, 2.24) is 0 Å². The van der Waals surface area contributed by atoms with E-state index in [2.05, 4.69) is 12.1 Å². The van der Waals surface area contributed by atoms with E-state index in [0.717, 1.165) is 16.9 Å². The Morgan fingerprint density at radius 1 is 0.897 bits per heavy atom. The molecule has 1 unspecified atom stereocenters. The molecule has 4 heteroatoms. The minimum absolute atomic E-state index is 0.0291. The predicted octanol–water partition coefficient (Wildman–Crippen LogP) is 4.82. The zero-order chi connectivity index (χ0) is 20.4. The van der Waals surface area contributed by atoms with Crippen LogP contribution in [0.15, 0.2) is 78.9 Å². The number of benzene rings is 3. The van der Waals surface area contributed by atoms with Gasteiger partial charge in [-0.25, -0.2) is 0 Å². The molecule has 0 saturated heterocycles. The SMILES string of the molecule is Cc1ccc(CN2C(=O)C(C)CN(C(=O)c3ccccc3)c3ccccc32)cc1. The molecular weight excluding hydrogens is 360 g/mol. The van der Waals surface area contributed by atoms with Crippen molar-refractivity contribution in [2.24, 2.45) is 5.92 Å². The van der Waals surface area contributed by atoms with Gasteiger partial charge in [-0.05, 0) is 36.8 Å². The van der Waals surface area contributed by atoms with Crippen molar-refractivity contribution in [3.63, 3.8) is 0 Å². The molecule has 1 aliphatic rings. The summed E-state index contributed by atoms with van der Waals surface area (Å²) in [5.41, 5.74) is 4.41. The number of carbonyl (C=O) groups excluding carboxylic acids is 2. The van der Waals surface area contributed by atoms with Crippen LogP contribution in [0, 0.1) is 12.8 Å². The Hall–Kier alpha value is -3.40. The third-order valence-electron chi connectivity index (χ3n) is 5.33. The number of rotatable bonds is 3.